The van der Waals surface area contributed by atoms with Gasteiger partial charge in [0.2, 0.25) is 5.91 Å². The average molecular weight is 448 g/mol. The average Bonchev–Trinajstić information content (AvgIpc) is 2.96. The summed E-state index contributed by atoms with van der Waals surface area (Å²) >= 11 is 0. The number of hydrogen-bond acceptors (Lipinski definition) is 5. The topological polar surface area (TPSA) is 79.0 Å². The van der Waals surface area contributed by atoms with Crippen LogP contribution >= 0.6 is 0 Å². The van der Waals surface area contributed by atoms with Crippen LogP contribution in [0.15, 0.2) is 66.4 Å². The molecule has 1 N–H and O–H groups in total. The third kappa shape index (κ3) is 5.61. The molecule has 0 bridgehead atoms. The second kappa shape index (κ2) is 10.3. The van der Waals surface area contributed by atoms with Gasteiger partial charge >= 0.3 is 5.97 Å². The van der Waals surface area contributed by atoms with Crippen LogP contribution in [0.5, 0.6) is 0 Å². The molecule has 0 radical (unpaired) electrons. The number of likely N-dealkylation sites (tertiary alicyclic amines) is 1. The van der Waals surface area contributed by atoms with Crippen LogP contribution < -0.4 is 10.2 Å². The molecule has 0 aromatic heterocycles. The number of esters is 1. The zero-order valence-electron chi connectivity index (χ0n) is 18.8. The van der Waals surface area contributed by atoms with Crippen LogP contribution in [0.4, 0.5) is 11.4 Å². The number of ether oxygens (including phenoxy) is 1. The minimum atomic E-state index is -0.443. The molecule has 2 aromatic carbocycles. The summed E-state index contributed by atoms with van der Waals surface area (Å²) in [5, 5.41) is 3.14. The molecule has 0 atom stereocenters. The van der Waals surface area contributed by atoms with E-state index in [0.717, 1.165) is 19.3 Å². The number of fused-ring (bicyclic) bond motifs is 1. The standard InChI is InChI=1S/C26H29N3O4/c1-33-26(32)17-21-16-24(30)29(23-10-6-5-9-22(23)27-21)18-25(31)28-13-11-20(12-14-28)15-19-7-3-2-4-8-19/h2-10,16,20,27H,11-15,17-18H2,1H3. The van der Waals surface area contributed by atoms with Crippen molar-refractivity contribution in [1.29, 1.82) is 0 Å². The number of piperidine rings is 1. The summed E-state index contributed by atoms with van der Waals surface area (Å²) in [7, 11) is 1.31. The van der Waals surface area contributed by atoms with E-state index in [0.29, 0.717) is 36.1 Å². The van der Waals surface area contributed by atoms with Gasteiger partial charge in [-0.2, -0.15) is 0 Å². The van der Waals surface area contributed by atoms with Crippen LogP contribution in [0, 0.1) is 5.92 Å². The first kappa shape index (κ1) is 22.6. The monoisotopic (exact) mass is 447 g/mol. The van der Waals surface area contributed by atoms with Gasteiger partial charge in [-0.05, 0) is 42.9 Å². The highest BCUT2D eigenvalue weighted by atomic mass is 16.5. The highest BCUT2D eigenvalue weighted by Gasteiger charge is 2.29. The van der Waals surface area contributed by atoms with E-state index >= 15 is 0 Å². The van der Waals surface area contributed by atoms with Crippen molar-refractivity contribution in [3.63, 3.8) is 0 Å². The number of benzene rings is 2. The lowest BCUT2D eigenvalue weighted by molar-refractivity contribution is -0.139. The van der Waals surface area contributed by atoms with Gasteiger partial charge in [0, 0.05) is 24.9 Å². The van der Waals surface area contributed by atoms with Crippen molar-refractivity contribution in [2.45, 2.75) is 25.7 Å². The molecule has 172 valence electrons. The fraction of sp³-hybridized carbons (Fsp3) is 0.346. The summed E-state index contributed by atoms with van der Waals surface area (Å²) in [5.74, 6) is -0.285. The largest absolute Gasteiger partial charge is 0.469 e. The van der Waals surface area contributed by atoms with E-state index in [-0.39, 0.29) is 24.8 Å². The summed E-state index contributed by atoms with van der Waals surface area (Å²) in [4.78, 5) is 41.2. The molecule has 2 amide bonds. The maximum Gasteiger partial charge on any atom is 0.311 e. The van der Waals surface area contributed by atoms with Gasteiger partial charge in [-0.1, -0.05) is 42.5 Å². The number of para-hydroxylation sites is 2. The second-order valence-corrected chi connectivity index (χ2v) is 8.50. The fourth-order valence-corrected chi connectivity index (χ4v) is 4.42. The molecule has 0 aliphatic carbocycles. The van der Waals surface area contributed by atoms with Gasteiger partial charge in [-0.25, -0.2) is 0 Å². The van der Waals surface area contributed by atoms with Crippen molar-refractivity contribution in [1.82, 2.24) is 4.90 Å². The first-order chi connectivity index (χ1) is 16.0. The van der Waals surface area contributed by atoms with Crippen molar-refractivity contribution in [3.8, 4) is 0 Å². The molecular formula is C26H29N3O4. The summed E-state index contributed by atoms with van der Waals surface area (Å²) in [6.45, 7) is 1.35. The van der Waals surface area contributed by atoms with E-state index in [4.69, 9.17) is 4.74 Å². The van der Waals surface area contributed by atoms with Crippen LogP contribution in [0.25, 0.3) is 0 Å². The Labute approximate surface area is 194 Å². The molecule has 0 saturated carbocycles. The van der Waals surface area contributed by atoms with Crippen molar-refractivity contribution in [3.05, 3.63) is 71.9 Å². The third-order valence-electron chi connectivity index (χ3n) is 6.24. The Hall–Kier alpha value is -3.61. The maximum absolute atomic E-state index is 13.1. The Bertz CT molecular complexity index is 1040. The number of carbonyl (C=O) groups is 3. The van der Waals surface area contributed by atoms with E-state index in [2.05, 4.69) is 29.6 Å². The van der Waals surface area contributed by atoms with Gasteiger partial charge in [0.25, 0.3) is 5.91 Å². The zero-order valence-corrected chi connectivity index (χ0v) is 18.8. The number of methoxy groups -OCH3 is 1. The Morgan fingerprint density at radius 2 is 1.73 bits per heavy atom. The number of hydrogen-bond donors (Lipinski definition) is 1. The molecule has 2 aliphatic heterocycles. The summed E-state index contributed by atoms with van der Waals surface area (Å²) in [6.07, 6.45) is 4.26. The Morgan fingerprint density at radius 1 is 1.03 bits per heavy atom. The van der Waals surface area contributed by atoms with E-state index < -0.39 is 5.97 Å². The molecular weight excluding hydrogens is 418 g/mol. The van der Waals surface area contributed by atoms with Gasteiger partial charge in [0.05, 0.1) is 24.9 Å². The van der Waals surface area contributed by atoms with Crippen LogP contribution in [-0.2, 0) is 25.5 Å². The van der Waals surface area contributed by atoms with Crippen molar-refractivity contribution < 1.29 is 19.1 Å². The number of nitrogens with one attached hydrogen (secondary N) is 1. The molecule has 1 saturated heterocycles. The molecule has 1 fully saturated rings. The molecule has 33 heavy (non-hydrogen) atoms. The Balaban J connectivity index is 1.41. The number of anilines is 2. The van der Waals surface area contributed by atoms with Gasteiger partial charge in [-0.3, -0.25) is 19.3 Å². The van der Waals surface area contributed by atoms with Gasteiger partial charge in [-0.15, -0.1) is 0 Å². The first-order valence-electron chi connectivity index (χ1n) is 11.3. The van der Waals surface area contributed by atoms with Crippen LogP contribution in [0.3, 0.4) is 0 Å². The predicted molar refractivity (Wildman–Crippen MR) is 127 cm³/mol. The van der Waals surface area contributed by atoms with E-state index in [9.17, 15) is 14.4 Å². The summed E-state index contributed by atoms with van der Waals surface area (Å²) < 4.78 is 4.73. The molecule has 2 heterocycles. The molecule has 2 aliphatic rings. The maximum atomic E-state index is 13.1. The summed E-state index contributed by atoms with van der Waals surface area (Å²) in [6, 6.07) is 17.7. The zero-order chi connectivity index (χ0) is 23.2. The SMILES string of the molecule is COC(=O)CC1=CC(=O)N(CC(=O)N2CCC(Cc3ccccc3)CC2)c2ccccc2N1. The highest BCUT2D eigenvalue weighted by Crippen LogP contribution is 2.31. The van der Waals surface area contributed by atoms with Crippen molar-refractivity contribution >= 4 is 29.2 Å². The van der Waals surface area contributed by atoms with E-state index in [1.54, 1.807) is 6.07 Å². The first-order valence-corrected chi connectivity index (χ1v) is 11.3. The smallest absolute Gasteiger partial charge is 0.311 e. The van der Waals surface area contributed by atoms with E-state index in [1.165, 1.54) is 23.6 Å². The van der Waals surface area contributed by atoms with Gasteiger partial charge in [0.1, 0.15) is 6.54 Å². The molecule has 7 heteroatoms. The fourth-order valence-electron chi connectivity index (χ4n) is 4.42. The summed E-state index contributed by atoms with van der Waals surface area (Å²) in [5.41, 5.74) is 3.06. The minimum Gasteiger partial charge on any atom is -0.469 e. The van der Waals surface area contributed by atoms with Crippen LogP contribution in [0.1, 0.15) is 24.8 Å². The van der Waals surface area contributed by atoms with Gasteiger partial charge < -0.3 is 15.0 Å². The molecule has 4 rings (SSSR count). The van der Waals surface area contributed by atoms with E-state index in [1.807, 2.05) is 29.2 Å². The van der Waals surface area contributed by atoms with Gasteiger partial charge in [0.15, 0.2) is 0 Å². The minimum absolute atomic E-state index is 0.0388. The molecule has 0 spiro atoms. The predicted octanol–water partition coefficient (Wildman–Crippen LogP) is 3.37. The van der Waals surface area contributed by atoms with Crippen LogP contribution in [-0.4, -0.2) is 49.4 Å². The van der Waals surface area contributed by atoms with Crippen LogP contribution in [0.2, 0.25) is 0 Å². The number of nitrogens with zero attached hydrogens (tertiary/aromatic N) is 2. The third-order valence-corrected chi connectivity index (χ3v) is 6.24. The lowest BCUT2D eigenvalue weighted by atomic mass is 9.90. The lowest BCUT2D eigenvalue weighted by Crippen LogP contribution is -2.45. The normalized spacial score (nSPS) is 16.4. The quantitative estimate of drug-likeness (QED) is 0.687. The second-order valence-electron chi connectivity index (χ2n) is 8.50. The van der Waals surface area contributed by atoms with Crippen molar-refractivity contribution in [2.24, 2.45) is 5.92 Å². The van der Waals surface area contributed by atoms with Crippen molar-refractivity contribution in [2.75, 3.05) is 37.0 Å². The Morgan fingerprint density at radius 3 is 2.45 bits per heavy atom. The lowest BCUT2D eigenvalue weighted by Gasteiger charge is -2.33. The molecule has 0 unspecified atom stereocenters. The highest BCUT2D eigenvalue weighted by molar-refractivity contribution is 6.09. The Kier molecular flexibility index (Phi) is 7.07. The number of carbonyl (C=O) groups excluding carboxylic acids is 3. The molecule has 7 nitrogen and oxygen atoms in total. The molecule has 2 aromatic rings. The number of amides is 2. The number of rotatable bonds is 6.